The number of fused-ring (bicyclic) bond motifs is 1. The van der Waals surface area contributed by atoms with Crippen LogP contribution in [0, 0.1) is 3.57 Å². The van der Waals surface area contributed by atoms with Crippen molar-refractivity contribution in [1.29, 1.82) is 0 Å². The molecule has 0 atom stereocenters. The molecule has 1 amide bonds. The Morgan fingerprint density at radius 2 is 2.07 bits per heavy atom. The topological polar surface area (TPSA) is 84.7 Å². The van der Waals surface area contributed by atoms with E-state index in [1.165, 1.54) is 11.2 Å². The third-order valence-corrected chi connectivity index (χ3v) is 5.99. The van der Waals surface area contributed by atoms with Crippen LogP contribution in [0.5, 0.6) is 0 Å². The highest BCUT2D eigenvalue weighted by atomic mass is 127. The molecular weight excluding hydrogens is 487 g/mol. The van der Waals surface area contributed by atoms with Crippen molar-refractivity contribution in [3.63, 3.8) is 0 Å². The molecule has 0 radical (unpaired) electrons. The summed E-state index contributed by atoms with van der Waals surface area (Å²) in [5.74, 6) is 0.668. The molecule has 0 unspecified atom stereocenters. The Bertz CT molecular complexity index is 1090. The van der Waals surface area contributed by atoms with Gasteiger partial charge in [-0.2, -0.15) is 5.10 Å². The van der Waals surface area contributed by atoms with E-state index in [1.54, 1.807) is 22.2 Å². The summed E-state index contributed by atoms with van der Waals surface area (Å²) in [5, 5.41) is 13.6. The molecule has 7 nitrogen and oxygen atoms in total. The van der Waals surface area contributed by atoms with Crippen molar-refractivity contribution in [1.82, 2.24) is 25.1 Å². The van der Waals surface area contributed by atoms with Crippen LogP contribution in [0.25, 0.3) is 11.0 Å². The maximum absolute atomic E-state index is 12.3. The molecule has 0 fully saturated rings. The summed E-state index contributed by atoms with van der Waals surface area (Å²) in [6, 6.07) is 11.6. The molecular formula is C19H17IN6OS. The summed E-state index contributed by atoms with van der Waals surface area (Å²) in [5.41, 5.74) is 1.42. The van der Waals surface area contributed by atoms with Crippen molar-refractivity contribution in [3.05, 3.63) is 68.3 Å². The molecule has 0 aliphatic rings. The van der Waals surface area contributed by atoms with Gasteiger partial charge in [-0.1, -0.05) is 18.2 Å². The number of halogens is 1. The molecule has 4 rings (SSSR count). The number of aromatic nitrogens is 4. The van der Waals surface area contributed by atoms with Crippen molar-refractivity contribution >= 4 is 56.7 Å². The predicted octanol–water partition coefficient (Wildman–Crippen LogP) is 3.53. The molecule has 0 aliphatic heterocycles. The summed E-state index contributed by atoms with van der Waals surface area (Å²) in [6.45, 7) is 1.70. The van der Waals surface area contributed by atoms with Gasteiger partial charge in [-0.05, 0) is 46.2 Å². The molecule has 142 valence electrons. The first-order chi connectivity index (χ1) is 13.7. The first-order valence-corrected chi connectivity index (χ1v) is 10.6. The average Bonchev–Trinajstić information content (AvgIpc) is 3.37. The van der Waals surface area contributed by atoms with Gasteiger partial charge in [0, 0.05) is 15.0 Å². The van der Waals surface area contributed by atoms with Crippen molar-refractivity contribution in [2.24, 2.45) is 0 Å². The van der Waals surface area contributed by atoms with E-state index in [2.05, 4.69) is 59.7 Å². The van der Waals surface area contributed by atoms with E-state index in [0.29, 0.717) is 25.2 Å². The zero-order valence-electron chi connectivity index (χ0n) is 14.8. The number of nitrogens with zero attached hydrogens (tertiary/aromatic N) is 4. The fraction of sp³-hybridized carbons (Fsp3) is 0.158. The maximum atomic E-state index is 12.3. The number of carbonyl (C=O) groups is 1. The highest BCUT2D eigenvalue weighted by molar-refractivity contribution is 14.1. The molecule has 9 heteroatoms. The first-order valence-electron chi connectivity index (χ1n) is 8.68. The number of rotatable bonds is 7. The monoisotopic (exact) mass is 504 g/mol. The molecule has 2 N–H and O–H groups in total. The number of carbonyl (C=O) groups excluding carboxylic acids is 1. The number of benzene rings is 1. The van der Waals surface area contributed by atoms with Crippen LogP contribution in [0.4, 0.5) is 5.82 Å². The van der Waals surface area contributed by atoms with E-state index in [0.717, 1.165) is 20.4 Å². The fourth-order valence-electron chi connectivity index (χ4n) is 2.80. The molecule has 28 heavy (non-hydrogen) atoms. The number of amides is 1. The normalized spacial score (nSPS) is 10.9. The van der Waals surface area contributed by atoms with Crippen LogP contribution >= 0.6 is 33.9 Å². The molecule has 0 saturated carbocycles. The van der Waals surface area contributed by atoms with Crippen LogP contribution in [0.1, 0.15) is 15.2 Å². The number of anilines is 1. The minimum Gasteiger partial charge on any atom is -0.364 e. The fourth-order valence-corrected chi connectivity index (χ4v) is 4.07. The van der Waals surface area contributed by atoms with Gasteiger partial charge in [0.2, 0.25) is 0 Å². The smallest absolute Gasteiger partial charge is 0.252 e. The van der Waals surface area contributed by atoms with E-state index in [4.69, 9.17) is 0 Å². The minimum absolute atomic E-state index is 0.0885. The molecule has 0 saturated heterocycles. The Kier molecular flexibility index (Phi) is 5.81. The van der Waals surface area contributed by atoms with E-state index in [9.17, 15) is 4.79 Å². The highest BCUT2D eigenvalue weighted by Crippen LogP contribution is 2.20. The van der Waals surface area contributed by atoms with E-state index in [-0.39, 0.29) is 5.91 Å². The largest absolute Gasteiger partial charge is 0.364 e. The SMILES string of the molecule is O=C(NCCn1ncc2c(NCc3cccs3)ncnc21)c1ccccc1I. The maximum Gasteiger partial charge on any atom is 0.252 e. The second-order valence-corrected chi connectivity index (χ2v) is 8.19. The lowest BCUT2D eigenvalue weighted by Crippen LogP contribution is -2.28. The van der Waals surface area contributed by atoms with Gasteiger partial charge in [0.15, 0.2) is 5.65 Å². The molecule has 0 aliphatic carbocycles. The Labute approximate surface area is 179 Å². The molecule has 0 spiro atoms. The molecule has 3 heterocycles. The number of thiophene rings is 1. The summed E-state index contributed by atoms with van der Waals surface area (Å²) < 4.78 is 2.71. The Balaban J connectivity index is 1.41. The van der Waals surface area contributed by atoms with Crippen LogP contribution < -0.4 is 10.6 Å². The van der Waals surface area contributed by atoms with Gasteiger partial charge in [0.1, 0.15) is 12.1 Å². The Morgan fingerprint density at radius 1 is 1.18 bits per heavy atom. The van der Waals surface area contributed by atoms with Crippen LogP contribution in [-0.2, 0) is 13.1 Å². The number of nitrogens with one attached hydrogen (secondary N) is 2. The third-order valence-electron chi connectivity index (χ3n) is 4.17. The molecule has 1 aromatic carbocycles. The number of hydrogen-bond acceptors (Lipinski definition) is 6. The van der Waals surface area contributed by atoms with Gasteiger partial charge >= 0.3 is 0 Å². The standard InChI is InChI=1S/C19H17IN6OS/c20-16-6-2-1-5-14(16)19(27)21-7-8-26-18-15(11-25-26)17(23-12-24-18)22-10-13-4-3-9-28-13/h1-6,9,11-12H,7-8,10H2,(H,21,27)(H,22,23,24). The van der Waals surface area contributed by atoms with Gasteiger partial charge in [-0.3, -0.25) is 4.79 Å². The lowest BCUT2D eigenvalue weighted by molar-refractivity contribution is 0.0951. The van der Waals surface area contributed by atoms with Gasteiger partial charge in [0.25, 0.3) is 5.91 Å². The van der Waals surface area contributed by atoms with E-state index < -0.39 is 0 Å². The van der Waals surface area contributed by atoms with E-state index in [1.807, 2.05) is 30.3 Å². The minimum atomic E-state index is -0.0885. The lowest BCUT2D eigenvalue weighted by atomic mass is 10.2. The van der Waals surface area contributed by atoms with Crippen LogP contribution in [0.15, 0.2) is 54.3 Å². The van der Waals surface area contributed by atoms with Crippen molar-refractivity contribution in [3.8, 4) is 0 Å². The van der Waals surface area contributed by atoms with Gasteiger partial charge in [-0.25, -0.2) is 14.6 Å². The van der Waals surface area contributed by atoms with Crippen molar-refractivity contribution in [2.45, 2.75) is 13.1 Å². The quantitative estimate of drug-likeness (QED) is 0.377. The molecule has 0 bridgehead atoms. The lowest BCUT2D eigenvalue weighted by Gasteiger charge is -2.08. The first kappa shape index (κ1) is 18.8. The van der Waals surface area contributed by atoms with E-state index >= 15 is 0 Å². The van der Waals surface area contributed by atoms with Crippen molar-refractivity contribution < 1.29 is 4.79 Å². The summed E-state index contributed by atoms with van der Waals surface area (Å²) in [6.07, 6.45) is 3.29. The Morgan fingerprint density at radius 3 is 2.89 bits per heavy atom. The average molecular weight is 504 g/mol. The zero-order valence-corrected chi connectivity index (χ0v) is 17.8. The van der Waals surface area contributed by atoms with Crippen molar-refractivity contribution in [2.75, 3.05) is 11.9 Å². The second kappa shape index (κ2) is 8.65. The Hall–Kier alpha value is -2.53. The molecule has 4 aromatic rings. The highest BCUT2D eigenvalue weighted by Gasteiger charge is 2.11. The summed E-state index contributed by atoms with van der Waals surface area (Å²) >= 11 is 3.86. The summed E-state index contributed by atoms with van der Waals surface area (Å²) in [7, 11) is 0. The predicted molar refractivity (Wildman–Crippen MR) is 118 cm³/mol. The van der Waals surface area contributed by atoms with Gasteiger partial charge < -0.3 is 10.6 Å². The molecule has 3 aromatic heterocycles. The second-order valence-electron chi connectivity index (χ2n) is 6.00. The summed E-state index contributed by atoms with van der Waals surface area (Å²) in [4.78, 5) is 22.3. The third kappa shape index (κ3) is 4.14. The number of hydrogen-bond donors (Lipinski definition) is 2. The van der Waals surface area contributed by atoms with Crippen LogP contribution in [-0.4, -0.2) is 32.2 Å². The van der Waals surface area contributed by atoms with Gasteiger partial charge in [0.05, 0.1) is 30.2 Å². The van der Waals surface area contributed by atoms with Crippen LogP contribution in [0.2, 0.25) is 0 Å². The zero-order chi connectivity index (χ0) is 19.3. The van der Waals surface area contributed by atoms with Crippen LogP contribution in [0.3, 0.4) is 0 Å². The van der Waals surface area contributed by atoms with Gasteiger partial charge in [-0.15, -0.1) is 11.3 Å².